The maximum atomic E-state index is 13.8. The number of carbonyl (C=O) groups excluding carboxylic acids is 1. The fourth-order valence-corrected chi connectivity index (χ4v) is 6.77. The first-order valence-corrected chi connectivity index (χ1v) is 13.5. The highest BCUT2D eigenvalue weighted by atomic mass is 16.5. The number of aromatic nitrogens is 3. The average Bonchev–Trinajstić information content (AvgIpc) is 3.32. The fraction of sp³-hybridized carbons (Fsp3) is 0.483. The van der Waals surface area contributed by atoms with Crippen molar-refractivity contribution in [1.82, 2.24) is 29.7 Å². The zero-order valence-corrected chi connectivity index (χ0v) is 22.9. The fourth-order valence-electron chi connectivity index (χ4n) is 6.77. The minimum atomic E-state index is -0.287. The summed E-state index contributed by atoms with van der Waals surface area (Å²) in [6, 6.07) is 10.4. The van der Waals surface area contributed by atoms with Gasteiger partial charge < -0.3 is 14.4 Å². The third kappa shape index (κ3) is 3.83. The topological polar surface area (TPSA) is 76.0 Å². The van der Waals surface area contributed by atoms with Crippen LogP contribution in [0.5, 0.6) is 11.5 Å². The maximum absolute atomic E-state index is 13.8. The summed E-state index contributed by atoms with van der Waals surface area (Å²) in [4.78, 5) is 22.1. The van der Waals surface area contributed by atoms with Crippen LogP contribution in [0.4, 0.5) is 4.79 Å². The van der Waals surface area contributed by atoms with Gasteiger partial charge in [0.05, 0.1) is 26.3 Å². The van der Waals surface area contributed by atoms with Gasteiger partial charge in [0.2, 0.25) is 0 Å². The Hall–Kier alpha value is -3.59. The van der Waals surface area contributed by atoms with Gasteiger partial charge in [-0.25, -0.2) is 4.79 Å². The number of amides is 2. The number of hydrogen-bond donors (Lipinski definition) is 0. The normalized spacial score (nSPS) is 20.9. The van der Waals surface area contributed by atoms with E-state index in [1.165, 1.54) is 5.56 Å². The number of nitrogens with zero attached hydrogens (tertiary/aromatic N) is 6. The molecule has 38 heavy (non-hydrogen) atoms. The smallest absolute Gasteiger partial charge is 0.325 e. The molecule has 2 aromatic carbocycles. The molecule has 9 nitrogen and oxygen atoms in total. The minimum absolute atomic E-state index is 0.0992. The van der Waals surface area contributed by atoms with E-state index in [0.717, 1.165) is 71.8 Å². The van der Waals surface area contributed by atoms with Gasteiger partial charge in [-0.15, -0.1) is 0 Å². The number of urea groups is 1. The van der Waals surface area contributed by atoms with Crippen LogP contribution in [0.25, 0.3) is 11.0 Å². The van der Waals surface area contributed by atoms with E-state index >= 15 is 0 Å². The lowest BCUT2D eigenvalue weighted by Gasteiger charge is -2.44. The summed E-state index contributed by atoms with van der Waals surface area (Å²) < 4.78 is 11.3. The molecular formula is C29H36N6O3. The van der Waals surface area contributed by atoms with E-state index in [1.807, 2.05) is 24.1 Å². The molecule has 1 aromatic heterocycles. The van der Waals surface area contributed by atoms with Gasteiger partial charge >= 0.3 is 6.03 Å². The molecule has 0 saturated carbocycles. The van der Waals surface area contributed by atoms with Crippen molar-refractivity contribution in [2.75, 3.05) is 33.9 Å². The number of hydrogen-bond acceptors (Lipinski definition) is 6. The van der Waals surface area contributed by atoms with Crippen molar-refractivity contribution in [2.45, 2.75) is 51.2 Å². The van der Waals surface area contributed by atoms with E-state index in [9.17, 15) is 4.79 Å². The van der Waals surface area contributed by atoms with E-state index in [1.54, 1.807) is 19.0 Å². The van der Waals surface area contributed by atoms with Crippen molar-refractivity contribution in [2.24, 2.45) is 7.05 Å². The van der Waals surface area contributed by atoms with Crippen LogP contribution in [-0.4, -0.2) is 75.1 Å². The molecule has 1 atom stereocenters. The molecule has 0 N–H and O–H groups in total. The van der Waals surface area contributed by atoms with E-state index in [-0.39, 0.29) is 17.5 Å². The molecule has 3 aliphatic heterocycles. The number of benzene rings is 2. The number of ether oxygens (including phenoxy) is 2. The molecule has 0 aliphatic carbocycles. The molecular weight excluding hydrogens is 480 g/mol. The first-order valence-electron chi connectivity index (χ1n) is 13.5. The second-order valence-electron chi connectivity index (χ2n) is 10.7. The Morgan fingerprint density at radius 3 is 2.53 bits per heavy atom. The van der Waals surface area contributed by atoms with E-state index in [0.29, 0.717) is 13.1 Å². The monoisotopic (exact) mass is 516 g/mol. The highest BCUT2D eigenvalue weighted by Gasteiger charge is 2.54. The number of fused-ring (bicyclic) bond motifs is 4. The highest BCUT2D eigenvalue weighted by Crippen LogP contribution is 2.49. The summed E-state index contributed by atoms with van der Waals surface area (Å²) in [6.45, 7) is 8.23. The summed E-state index contributed by atoms with van der Waals surface area (Å²) in [6.07, 6.45) is 4.13. The van der Waals surface area contributed by atoms with E-state index in [4.69, 9.17) is 9.47 Å². The number of likely N-dealkylation sites (N-methyl/N-ethyl adjacent to an activating group) is 1. The zero-order chi connectivity index (χ0) is 26.6. The summed E-state index contributed by atoms with van der Waals surface area (Å²) >= 11 is 0. The average molecular weight is 517 g/mol. The molecule has 200 valence electrons. The highest BCUT2D eigenvalue weighted by molar-refractivity contribution is 5.83. The van der Waals surface area contributed by atoms with Gasteiger partial charge in [0.1, 0.15) is 22.5 Å². The van der Waals surface area contributed by atoms with E-state index in [2.05, 4.69) is 58.1 Å². The quantitative estimate of drug-likeness (QED) is 0.504. The van der Waals surface area contributed by atoms with Crippen molar-refractivity contribution < 1.29 is 14.3 Å². The lowest BCUT2D eigenvalue weighted by Crippen LogP contribution is -2.53. The molecule has 3 aliphatic rings. The summed E-state index contributed by atoms with van der Waals surface area (Å²) in [5, 5.41) is 8.86. The zero-order valence-electron chi connectivity index (χ0n) is 22.9. The van der Waals surface area contributed by atoms with Gasteiger partial charge in [0.15, 0.2) is 0 Å². The molecule has 0 bridgehead atoms. The Bertz CT molecular complexity index is 1420. The van der Waals surface area contributed by atoms with Gasteiger partial charge in [-0.1, -0.05) is 19.1 Å². The Labute approximate surface area is 223 Å². The van der Waals surface area contributed by atoms with Crippen molar-refractivity contribution in [3.8, 4) is 11.5 Å². The largest absolute Gasteiger partial charge is 0.497 e. The molecule has 0 unspecified atom stereocenters. The number of carbonyl (C=O) groups is 1. The molecule has 0 radical (unpaired) electrons. The predicted molar refractivity (Wildman–Crippen MR) is 145 cm³/mol. The maximum Gasteiger partial charge on any atom is 0.325 e. The molecule has 4 heterocycles. The van der Waals surface area contributed by atoms with Gasteiger partial charge in [0.25, 0.3) is 0 Å². The van der Waals surface area contributed by atoms with Gasteiger partial charge in [0, 0.05) is 56.5 Å². The number of methoxy groups -OCH3 is 2. The molecule has 3 aromatic rings. The molecule has 6 rings (SSSR count). The van der Waals surface area contributed by atoms with Crippen molar-refractivity contribution in [1.29, 1.82) is 0 Å². The first-order chi connectivity index (χ1) is 18.4. The SMILES string of the molecule is CCN1C(=O)N2Cc3cc(OC)cc(OC)c3[C@@H](C)C=C2C12CCN(Cc1ccc3nn(C)nc3c1)CC2. The second kappa shape index (κ2) is 9.31. The summed E-state index contributed by atoms with van der Waals surface area (Å²) in [5.74, 6) is 1.68. The van der Waals surface area contributed by atoms with Crippen LogP contribution in [0.15, 0.2) is 42.1 Å². The number of aryl methyl sites for hydroxylation is 1. The van der Waals surface area contributed by atoms with Crippen molar-refractivity contribution >= 4 is 17.1 Å². The van der Waals surface area contributed by atoms with Crippen LogP contribution in [0.1, 0.15) is 49.3 Å². The van der Waals surface area contributed by atoms with E-state index < -0.39 is 0 Å². The number of piperidine rings is 1. The number of allylic oxidation sites excluding steroid dienone is 1. The van der Waals surface area contributed by atoms with Crippen LogP contribution in [-0.2, 0) is 20.1 Å². The summed E-state index contributed by atoms with van der Waals surface area (Å²) in [7, 11) is 5.21. The molecule has 2 amide bonds. The third-order valence-electron chi connectivity index (χ3n) is 8.54. The van der Waals surface area contributed by atoms with Gasteiger partial charge in [-0.2, -0.15) is 15.0 Å². The predicted octanol–water partition coefficient (Wildman–Crippen LogP) is 4.28. The van der Waals surface area contributed by atoms with Crippen LogP contribution in [0.2, 0.25) is 0 Å². The molecule has 2 fully saturated rings. The molecule has 9 heteroatoms. The summed E-state index contributed by atoms with van der Waals surface area (Å²) in [5.41, 5.74) is 6.17. The van der Waals surface area contributed by atoms with Gasteiger partial charge in [-0.3, -0.25) is 9.80 Å². The Morgan fingerprint density at radius 2 is 1.82 bits per heavy atom. The number of rotatable bonds is 5. The lowest BCUT2D eigenvalue weighted by atomic mass is 9.82. The van der Waals surface area contributed by atoms with Crippen molar-refractivity contribution in [3.05, 3.63) is 58.8 Å². The molecule has 2 saturated heterocycles. The van der Waals surface area contributed by atoms with Crippen LogP contribution >= 0.6 is 0 Å². The molecule has 1 spiro atoms. The van der Waals surface area contributed by atoms with Gasteiger partial charge in [-0.05, 0) is 49.1 Å². The standard InChI is InChI=1S/C29H36N6O3/c1-6-35-28(36)34-18-21-15-22(37-4)16-25(38-5)27(21)19(2)13-26(34)29(35)9-11-33(12-10-29)17-20-7-8-23-24(14-20)31-32(3)30-23/h7-8,13-16,19H,6,9-12,17-18H2,1-5H3/t19-/m0/s1. The van der Waals surface area contributed by atoms with Crippen LogP contribution < -0.4 is 9.47 Å². The van der Waals surface area contributed by atoms with Crippen LogP contribution in [0, 0.1) is 0 Å². The number of likely N-dealkylation sites (tertiary alicyclic amines) is 1. The minimum Gasteiger partial charge on any atom is -0.497 e. The first kappa shape index (κ1) is 24.7. The third-order valence-corrected chi connectivity index (χ3v) is 8.54. The lowest BCUT2D eigenvalue weighted by molar-refractivity contribution is 0.0888. The van der Waals surface area contributed by atoms with Crippen molar-refractivity contribution in [3.63, 3.8) is 0 Å². The Balaban J connectivity index is 1.28. The van der Waals surface area contributed by atoms with Crippen LogP contribution in [0.3, 0.4) is 0 Å². The second-order valence-corrected chi connectivity index (χ2v) is 10.7. The Morgan fingerprint density at radius 1 is 1.05 bits per heavy atom. The Kier molecular flexibility index (Phi) is 6.06.